The third kappa shape index (κ3) is 4.66. The van der Waals surface area contributed by atoms with E-state index in [1.807, 2.05) is 24.3 Å². The van der Waals surface area contributed by atoms with Gasteiger partial charge in [0.1, 0.15) is 6.54 Å². The van der Waals surface area contributed by atoms with Crippen LogP contribution >= 0.6 is 0 Å². The molecule has 0 spiro atoms. The molecular weight excluding hydrogens is 316 g/mol. The summed E-state index contributed by atoms with van der Waals surface area (Å²) in [6.45, 7) is 6.32. The lowest BCUT2D eigenvalue weighted by Crippen LogP contribution is -2.36. The van der Waals surface area contributed by atoms with Crippen LogP contribution < -0.4 is 10.9 Å². The second-order valence-electron chi connectivity index (χ2n) is 6.90. The van der Waals surface area contributed by atoms with E-state index in [2.05, 4.69) is 22.1 Å². The molecule has 1 amide bonds. The second kappa shape index (κ2) is 8.25. The van der Waals surface area contributed by atoms with E-state index in [0.29, 0.717) is 17.6 Å². The highest BCUT2D eigenvalue weighted by molar-refractivity contribution is 5.79. The molecule has 134 valence electrons. The predicted octanol–water partition coefficient (Wildman–Crippen LogP) is 1.63. The molecular formula is C19H26N4O2. The van der Waals surface area contributed by atoms with Gasteiger partial charge in [0.25, 0.3) is 5.56 Å². The fourth-order valence-electron chi connectivity index (χ4n) is 3.29. The molecule has 1 aliphatic heterocycles. The van der Waals surface area contributed by atoms with Crippen molar-refractivity contribution in [2.24, 2.45) is 5.92 Å². The summed E-state index contributed by atoms with van der Waals surface area (Å²) in [7, 11) is 0. The maximum absolute atomic E-state index is 12.2. The monoisotopic (exact) mass is 342 g/mol. The van der Waals surface area contributed by atoms with Crippen LogP contribution in [0.15, 0.2) is 35.3 Å². The fraction of sp³-hybridized carbons (Fsp3) is 0.526. The summed E-state index contributed by atoms with van der Waals surface area (Å²) in [6, 6.07) is 7.36. The molecule has 6 heteroatoms. The molecule has 0 unspecified atom stereocenters. The zero-order valence-electron chi connectivity index (χ0n) is 14.8. The summed E-state index contributed by atoms with van der Waals surface area (Å²) < 4.78 is 1.48. The summed E-state index contributed by atoms with van der Waals surface area (Å²) in [5.41, 5.74) is 1.15. The highest BCUT2D eigenvalue weighted by Gasteiger charge is 2.15. The molecule has 1 N–H and O–H groups in total. The molecule has 0 aliphatic carbocycles. The minimum absolute atomic E-state index is 0.0308. The lowest BCUT2D eigenvalue weighted by atomic mass is 9.99. The molecule has 25 heavy (non-hydrogen) atoms. The molecule has 1 saturated heterocycles. The van der Waals surface area contributed by atoms with E-state index in [4.69, 9.17) is 0 Å². The number of benzene rings is 1. The number of rotatable bonds is 6. The molecule has 0 radical (unpaired) electrons. The van der Waals surface area contributed by atoms with Crippen molar-refractivity contribution in [2.75, 3.05) is 26.2 Å². The van der Waals surface area contributed by atoms with Gasteiger partial charge in [-0.2, -0.15) is 0 Å². The summed E-state index contributed by atoms with van der Waals surface area (Å²) in [4.78, 5) is 30.8. The average molecular weight is 342 g/mol. The van der Waals surface area contributed by atoms with E-state index in [-0.39, 0.29) is 18.0 Å². The molecule has 1 aromatic carbocycles. The quantitative estimate of drug-likeness (QED) is 0.811. The van der Waals surface area contributed by atoms with Crippen LogP contribution in [0.1, 0.15) is 26.2 Å². The van der Waals surface area contributed by atoms with Crippen LogP contribution in [0.4, 0.5) is 0 Å². The first-order valence-electron chi connectivity index (χ1n) is 9.07. The Balaban J connectivity index is 1.48. The van der Waals surface area contributed by atoms with Gasteiger partial charge < -0.3 is 10.2 Å². The van der Waals surface area contributed by atoms with Gasteiger partial charge in [-0.3, -0.25) is 14.2 Å². The Morgan fingerprint density at radius 1 is 1.28 bits per heavy atom. The van der Waals surface area contributed by atoms with Crippen LogP contribution in [0.3, 0.4) is 0 Å². The highest BCUT2D eigenvalue weighted by atomic mass is 16.2. The van der Waals surface area contributed by atoms with Gasteiger partial charge in [0.2, 0.25) is 5.91 Å². The minimum Gasteiger partial charge on any atom is -0.355 e. The van der Waals surface area contributed by atoms with E-state index in [9.17, 15) is 9.59 Å². The predicted molar refractivity (Wildman–Crippen MR) is 98.5 cm³/mol. The van der Waals surface area contributed by atoms with Crippen molar-refractivity contribution in [1.82, 2.24) is 19.8 Å². The number of nitrogens with zero attached hydrogens (tertiary/aromatic N) is 3. The van der Waals surface area contributed by atoms with Crippen LogP contribution in [-0.2, 0) is 11.3 Å². The molecule has 0 atom stereocenters. The Kier molecular flexibility index (Phi) is 5.81. The number of para-hydroxylation sites is 2. The third-order valence-electron chi connectivity index (χ3n) is 4.90. The lowest BCUT2D eigenvalue weighted by molar-refractivity contribution is -0.121. The Labute approximate surface area is 147 Å². The maximum atomic E-state index is 12.2. The number of aromatic nitrogens is 2. The highest BCUT2D eigenvalue weighted by Crippen LogP contribution is 2.15. The normalized spacial score (nSPS) is 16.2. The Hall–Kier alpha value is -2.21. The smallest absolute Gasteiger partial charge is 0.269 e. The van der Waals surface area contributed by atoms with Crippen molar-refractivity contribution < 1.29 is 4.79 Å². The van der Waals surface area contributed by atoms with Crippen LogP contribution in [-0.4, -0.2) is 46.5 Å². The third-order valence-corrected chi connectivity index (χ3v) is 4.90. The van der Waals surface area contributed by atoms with Gasteiger partial charge in [-0.05, 0) is 56.9 Å². The number of piperidine rings is 1. The number of hydrogen-bond acceptors (Lipinski definition) is 4. The number of hydrogen-bond donors (Lipinski definition) is 1. The lowest BCUT2D eigenvalue weighted by Gasteiger charge is -2.30. The summed E-state index contributed by atoms with van der Waals surface area (Å²) in [5, 5.41) is 2.93. The molecule has 2 aromatic rings. The van der Waals surface area contributed by atoms with Crippen LogP contribution in [0.5, 0.6) is 0 Å². The van der Waals surface area contributed by atoms with Crippen molar-refractivity contribution in [3.8, 4) is 0 Å². The zero-order valence-corrected chi connectivity index (χ0v) is 14.8. The van der Waals surface area contributed by atoms with Crippen LogP contribution in [0.2, 0.25) is 0 Å². The minimum atomic E-state index is -0.253. The van der Waals surface area contributed by atoms with E-state index in [1.54, 1.807) is 0 Å². The Morgan fingerprint density at radius 3 is 2.84 bits per heavy atom. The van der Waals surface area contributed by atoms with Gasteiger partial charge in [-0.25, -0.2) is 4.98 Å². The van der Waals surface area contributed by atoms with Crippen molar-refractivity contribution in [2.45, 2.75) is 32.7 Å². The first-order valence-corrected chi connectivity index (χ1v) is 9.07. The zero-order chi connectivity index (χ0) is 17.6. The van der Waals surface area contributed by atoms with Gasteiger partial charge in [-0.1, -0.05) is 19.1 Å². The molecule has 0 saturated carbocycles. The Morgan fingerprint density at radius 2 is 2.04 bits per heavy atom. The molecule has 1 aliphatic rings. The van der Waals surface area contributed by atoms with E-state index >= 15 is 0 Å². The number of amides is 1. The van der Waals surface area contributed by atoms with Gasteiger partial charge in [0.15, 0.2) is 0 Å². The summed E-state index contributed by atoms with van der Waals surface area (Å²) >= 11 is 0. The number of nitrogens with one attached hydrogen (secondary N) is 1. The van der Waals surface area contributed by atoms with Crippen LogP contribution in [0, 0.1) is 5.92 Å². The first kappa shape index (κ1) is 17.6. The van der Waals surface area contributed by atoms with Crippen LogP contribution in [0.25, 0.3) is 11.0 Å². The molecule has 6 nitrogen and oxygen atoms in total. The van der Waals surface area contributed by atoms with Crippen molar-refractivity contribution in [3.63, 3.8) is 0 Å². The van der Waals surface area contributed by atoms with E-state index < -0.39 is 0 Å². The molecule has 3 rings (SSSR count). The average Bonchev–Trinajstić information content (AvgIpc) is 2.63. The molecule has 0 bridgehead atoms. The van der Waals surface area contributed by atoms with Crippen molar-refractivity contribution in [1.29, 1.82) is 0 Å². The van der Waals surface area contributed by atoms with Crippen molar-refractivity contribution in [3.05, 3.63) is 40.8 Å². The SMILES string of the molecule is CC1CCN(CCCNC(=O)Cn2c(=O)cnc3ccccc32)CC1. The fourth-order valence-corrected chi connectivity index (χ4v) is 3.29. The molecule has 1 fully saturated rings. The Bertz CT molecular complexity index is 778. The van der Waals surface area contributed by atoms with E-state index in [1.165, 1.54) is 23.6 Å². The summed E-state index contributed by atoms with van der Waals surface area (Å²) in [6.07, 6.45) is 4.74. The first-order chi connectivity index (χ1) is 12.1. The summed E-state index contributed by atoms with van der Waals surface area (Å²) in [5.74, 6) is 0.704. The van der Waals surface area contributed by atoms with Crippen molar-refractivity contribution >= 4 is 16.9 Å². The second-order valence-corrected chi connectivity index (χ2v) is 6.90. The van der Waals surface area contributed by atoms with Gasteiger partial charge >= 0.3 is 0 Å². The topological polar surface area (TPSA) is 67.2 Å². The van der Waals surface area contributed by atoms with Gasteiger partial charge in [-0.15, -0.1) is 0 Å². The molecule has 1 aromatic heterocycles. The standard InChI is InChI=1S/C19H26N4O2/c1-15-7-11-22(12-8-15)10-4-9-20-18(24)14-23-17-6-3-2-5-16(17)21-13-19(23)25/h2-3,5-6,13,15H,4,7-12,14H2,1H3,(H,20,24). The number of likely N-dealkylation sites (tertiary alicyclic amines) is 1. The maximum Gasteiger partial charge on any atom is 0.269 e. The largest absolute Gasteiger partial charge is 0.355 e. The van der Waals surface area contributed by atoms with Gasteiger partial charge in [0, 0.05) is 6.54 Å². The van der Waals surface area contributed by atoms with Gasteiger partial charge in [0.05, 0.1) is 17.2 Å². The number of fused-ring (bicyclic) bond motifs is 1. The number of carbonyl (C=O) groups is 1. The number of carbonyl (C=O) groups excluding carboxylic acids is 1. The van der Waals surface area contributed by atoms with E-state index in [0.717, 1.165) is 32.0 Å². The molecule has 2 heterocycles.